The molecule has 0 aliphatic rings. The summed E-state index contributed by atoms with van der Waals surface area (Å²) in [7, 11) is 0. The largest absolute Gasteiger partial charge is 0.479 e. The number of aryl methyl sites for hydroxylation is 1. The number of hydrogen-bond acceptors (Lipinski definition) is 5. The molecule has 3 rings (SSSR count). The molecule has 2 atom stereocenters. The van der Waals surface area contributed by atoms with E-state index in [0.717, 1.165) is 10.9 Å². The molecule has 3 aromatic rings. The molecule has 0 aliphatic carbocycles. The monoisotopic (exact) mass is 415 g/mol. The lowest BCUT2D eigenvalue weighted by atomic mass is 10.1. The van der Waals surface area contributed by atoms with Gasteiger partial charge >= 0.3 is 5.63 Å². The second kappa shape index (κ2) is 9.11. The average Bonchev–Trinajstić information content (AvgIpc) is 2.72. The number of rotatable bonds is 7. The molecule has 1 heterocycles. The minimum atomic E-state index is -0.867. The first-order valence-electron chi connectivity index (χ1n) is 9.32. The Hall–Kier alpha value is -2.83. The van der Waals surface area contributed by atoms with Crippen LogP contribution in [0.1, 0.15) is 31.1 Å². The van der Waals surface area contributed by atoms with Crippen LogP contribution in [-0.2, 0) is 11.2 Å². The second-order valence-electron chi connectivity index (χ2n) is 6.65. The van der Waals surface area contributed by atoms with Crippen molar-refractivity contribution in [3.05, 3.63) is 75.1 Å². The second-order valence-corrected chi connectivity index (χ2v) is 7.06. The maximum Gasteiger partial charge on any atom is 0.336 e. The maximum atomic E-state index is 12.3. The zero-order chi connectivity index (χ0) is 21.0. The highest BCUT2D eigenvalue weighted by atomic mass is 35.5. The van der Waals surface area contributed by atoms with Crippen LogP contribution in [0.3, 0.4) is 0 Å². The third-order valence-electron chi connectivity index (χ3n) is 4.59. The highest BCUT2D eigenvalue weighted by Crippen LogP contribution is 2.32. The van der Waals surface area contributed by atoms with Crippen molar-refractivity contribution < 1.29 is 19.1 Å². The zero-order valence-electron chi connectivity index (χ0n) is 16.1. The van der Waals surface area contributed by atoms with Gasteiger partial charge in [0.2, 0.25) is 0 Å². The third-order valence-corrected chi connectivity index (χ3v) is 4.89. The van der Waals surface area contributed by atoms with Gasteiger partial charge in [-0.15, -0.1) is 0 Å². The number of hydrogen-bond donors (Lipinski definition) is 2. The van der Waals surface area contributed by atoms with Gasteiger partial charge in [-0.1, -0.05) is 48.9 Å². The number of fused-ring (bicyclic) bond motifs is 1. The maximum absolute atomic E-state index is 12.3. The molecule has 2 aromatic carbocycles. The molecule has 0 unspecified atom stereocenters. The van der Waals surface area contributed by atoms with E-state index in [1.165, 1.54) is 12.1 Å². The molecule has 0 saturated heterocycles. The molecule has 7 heteroatoms. The van der Waals surface area contributed by atoms with Gasteiger partial charge in [-0.3, -0.25) is 4.79 Å². The van der Waals surface area contributed by atoms with E-state index < -0.39 is 23.7 Å². The van der Waals surface area contributed by atoms with Gasteiger partial charge in [-0.05, 0) is 30.5 Å². The number of carbonyl (C=O) groups is 1. The topological polar surface area (TPSA) is 88.8 Å². The van der Waals surface area contributed by atoms with Gasteiger partial charge in [0.1, 0.15) is 11.3 Å². The quantitative estimate of drug-likeness (QED) is 0.575. The predicted molar refractivity (Wildman–Crippen MR) is 111 cm³/mol. The first-order chi connectivity index (χ1) is 13.9. The molecule has 0 fully saturated rings. The van der Waals surface area contributed by atoms with Gasteiger partial charge in [0.15, 0.2) is 6.10 Å². The fourth-order valence-corrected chi connectivity index (χ4v) is 3.20. The number of amides is 1. The summed E-state index contributed by atoms with van der Waals surface area (Å²) in [4.78, 5) is 24.1. The van der Waals surface area contributed by atoms with Crippen LogP contribution >= 0.6 is 11.6 Å². The molecule has 0 spiro atoms. The van der Waals surface area contributed by atoms with Crippen molar-refractivity contribution in [1.82, 2.24) is 5.32 Å². The van der Waals surface area contributed by atoms with Crippen LogP contribution in [0.2, 0.25) is 5.02 Å². The van der Waals surface area contributed by atoms with Crippen molar-refractivity contribution in [2.24, 2.45) is 0 Å². The minimum Gasteiger partial charge on any atom is -0.479 e. The van der Waals surface area contributed by atoms with Gasteiger partial charge in [0, 0.05) is 24.1 Å². The first kappa shape index (κ1) is 20.9. The molecule has 6 nitrogen and oxygen atoms in total. The van der Waals surface area contributed by atoms with Crippen LogP contribution in [-0.4, -0.2) is 23.7 Å². The fraction of sp³-hybridized carbons (Fsp3) is 0.273. The van der Waals surface area contributed by atoms with Crippen molar-refractivity contribution in [3.63, 3.8) is 0 Å². The number of nitrogens with one attached hydrogen (secondary N) is 1. The molecule has 1 amide bonds. The summed E-state index contributed by atoms with van der Waals surface area (Å²) < 4.78 is 10.9. The van der Waals surface area contributed by atoms with Crippen molar-refractivity contribution in [1.29, 1.82) is 0 Å². The standard InChI is InChI=1S/C22H22ClNO5/c1-3-14-9-21(26)29-19-11-20(17(23)10-16(14)19)28-13(2)22(27)24-12-18(25)15-7-5-4-6-8-15/h4-11,13,18,25H,3,12H2,1-2H3,(H,24,27)/t13-,18+/m1/s1. The van der Waals surface area contributed by atoms with E-state index in [1.54, 1.807) is 25.1 Å². The normalized spacial score (nSPS) is 13.1. The van der Waals surface area contributed by atoms with E-state index in [2.05, 4.69) is 5.32 Å². The van der Waals surface area contributed by atoms with Crippen LogP contribution < -0.4 is 15.7 Å². The highest BCUT2D eigenvalue weighted by Gasteiger charge is 2.19. The lowest BCUT2D eigenvalue weighted by molar-refractivity contribution is -0.127. The van der Waals surface area contributed by atoms with E-state index in [9.17, 15) is 14.7 Å². The average molecular weight is 416 g/mol. The molecule has 0 radical (unpaired) electrons. The van der Waals surface area contributed by atoms with Crippen LogP contribution in [0.5, 0.6) is 5.75 Å². The van der Waals surface area contributed by atoms with E-state index in [-0.39, 0.29) is 12.3 Å². The Labute approximate surface area is 173 Å². The first-order valence-corrected chi connectivity index (χ1v) is 9.70. The Morgan fingerprint density at radius 1 is 1.24 bits per heavy atom. The number of halogens is 1. The number of carbonyl (C=O) groups excluding carboxylic acids is 1. The van der Waals surface area contributed by atoms with Crippen LogP contribution in [0.25, 0.3) is 11.0 Å². The molecule has 2 N–H and O–H groups in total. The van der Waals surface area contributed by atoms with Gasteiger partial charge < -0.3 is 19.6 Å². The number of ether oxygens (including phenoxy) is 1. The molecule has 29 heavy (non-hydrogen) atoms. The van der Waals surface area contributed by atoms with E-state index >= 15 is 0 Å². The lowest BCUT2D eigenvalue weighted by Crippen LogP contribution is -2.38. The van der Waals surface area contributed by atoms with Gasteiger partial charge in [-0.25, -0.2) is 4.79 Å². The van der Waals surface area contributed by atoms with Crippen LogP contribution in [0.15, 0.2) is 57.7 Å². The number of aliphatic hydroxyl groups is 1. The van der Waals surface area contributed by atoms with Crippen LogP contribution in [0.4, 0.5) is 0 Å². The van der Waals surface area contributed by atoms with Crippen molar-refractivity contribution in [3.8, 4) is 5.75 Å². The summed E-state index contributed by atoms with van der Waals surface area (Å²) in [6.45, 7) is 3.56. The number of benzene rings is 2. The molecule has 0 saturated carbocycles. The molecule has 152 valence electrons. The molecule has 0 aliphatic heterocycles. The molecule has 0 bridgehead atoms. The Morgan fingerprint density at radius 2 is 1.97 bits per heavy atom. The minimum absolute atomic E-state index is 0.0523. The summed E-state index contributed by atoms with van der Waals surface area (Å²) >= 11 is 6.31. The molecule has 1 aromatic heterocycles. The Kier molecular flexibility index (Phi) is 6.56. The third kappa shape index (κ3) is 4.96. The fourth-order valence-electron chi connectivity index (χ4n) is 2.99. The lowest BCUT2D eigenvalue weighted by Gasteiger charge is -2.18. The summed E-state index contributed by atoms with van der Waals surface area (Å²) in [5, 5.41) is 13.9. The predicted octanol–water partition coefficient (Wildman–Crippen LogP) is 3.63. The Bertz CT molecular complexity index is 1060. The van der Waals surface area contributed by atoms with Gasteiger partial charge in [-0.2, -0.15) is 0 Å². The van der Waals surface area contributed by atoms with E-state index in [4.69, 9.17) is 20.8 Å². The smallest absolute Gasteiger partial charge is 0.336 e. The zero-order valence-corrected chi connectivity index (χ0v) is 16.9. The van der Waals surface area contributed by atoms with Crippen molar-refractivity contribution in [2.75, 3.05) is 6.54 Å². The highest BCUT2D eigenvalue weighted by molar-refractivity contribution is 6.32. The van der Waals surface area contributed by atoms with E-state index in [0.29, 0.717) is 22.6 Å². The summed E-state index contributed by atoms with van der Waals surface area (Å²) in [5.74, 6) is -0.165. The van der Waals surface area contributed by atoms with Crippen molar-refractivity contribution >= 4 is 28.5 Å². The molecular weight excluding hydrogens is 394 g/mol. The summed E-state index contributed by atoms with van der Waals surface area (Å²) in [5.41, 5.74) is 1.43. The molecular formula is C22H22ClNO5. The number of aliphatic hydroxyl groups excluding tert-OH is 1. The van der Waals surface area contributed by atoms with Crippen molar-refractivity contribution in [2.45, 2.75) is 32.5 Å². The van der Waals surface area contributed by atoms with Crippen LogP contribution in [0, 0.1) is 0 Å². The van der Waals surface area contributed by atoms with Gasteiger partial charge in [0.25, 0.3) is 5.91 Å². The summed E-state index contributed by atoms with van der Waals surface area (Å²) in [6, 6.07) is 13.7. The summed E-state index contributed by atoms with van der Waals surface area (Å²) in [6.07, 6.45) is -1.03. The van der Waals surface area contributed by atoms with E-state index in [1.807, 2.05) is 25.1 Å². The SMILES string of the molecule is CCc1cc(=O)oc2cc(O[C@H](C)C(=O)NC[C@H](O)c3ccccc3)c(Cl)cc12. The Balaban J connectivity index is 1.70. The Morgan fingerprint density at radius 3 is 2.66 bits per heavy atom. The van der Waals surface area contributed by atoms with Gasteiger partial charge in [0.05, 0.1) is 11.1 Å².